The van der Waals surface area contributed by atoms with Crippen molar-refractivity contribution in [3.05, 3.63) is 48.6 Å². The molecular formula is C16H19N5O2S2. The minimum Gasteiger partial charge on any atom is -0.357 e. The van der Waals surface area contributed by atoms with E-state index in [0.717, 1.165) is 5.56 Å². The molecule has 0 fully saturated rings. The molecule has 0 aliphatic rings. The van der Waals surface area contributed by atoms with Crippen LogP contribution in [0.5, 0.6) is 0 Å². The standard InChI is InChI=1S/C16H19N5O2S2/c1-3-10-18-15-20-21-16(25-15)24-12(11-8-6-5-7-9-11)13(22)19-14(23)17-4-2/h3,5-9,12H,1,4,10H2,2H3,(H,18,20)(H2,17,19,22,23)/t12-/m0/s1. The van der Waals surface area contributed by atoms with Crippen LogP contribution in [-0.4, -0.2) is 35.2 Å². The first-order valence-corrected chi connectivity index (χ1v) is 9.32. The van der Waals surface area contributed by atoms with Crippen LogP contribution in [-0.2, 0) is 4.79 Å². The van der Waals surface area contributed by atoms with E-state index in [1.165, 1.54) is 23.1 Å². The summed E-state index contributed by atoms with van der Waals surface area (Å²) in [4.78, 5) is 24.2. The highest BCUT2D eigenvalue weighted by molar-refractivity contribution is 8.01. The Labute approximate surface area is 154 Å². The van der Waals surface area contributed by atoms with Gasteiger partial charge in [-0.3, -0.25) is 10.1 Å². The van der Waals surface area contributed by atoms with Gasteiger partial charge in [-0.2, -0.15) is 0 Å². The minimum atomic E-state index is -0.607. The molecule has 0 aliphatic heterocycles. The lowest BCUT2D eigenvalue weighted by Gasteiger charge is -2.15. The van der Waals surface area contributed by atoms with Gasteiger partial charge < -0.3 is 10.6 Å². The molecule has 3 N–H and O–H groups in total. The second kappa shape index (κ2) is 9.80. The molecule has 9 heteroatoms. The van der Waals surface area contributed by atoms with Crippen LogP contribution in [0.2, 0.25) is 0 Å². The third-order valence-electron chi connectivity index (χ3n) is 2.94. The average Bonchev–Trinajstić information content (AvgIpc) is 3.06. The van der Waals surface area contributed by atoms with Crippen LogP contribution in [0, 0.1) is 0 Å². The Bertz CT molecular complexity index is 720. The van der Waals surface area contributed by atoms with Crippen LogP contribution in [0.1, 0.15) is 17.7 Å². The summed E-state index contributed by atoms with van der Waals surface area (Å²) in [6.07, 6.45) is 1.72. The van der Waals surface area contributed by atoms with E-state index in [-0.39, 0.29) is 0 Å². The molecular weight excluding hydrogens is 358 g/mol. The summed E-state index contributed by atoms with van der Waals surface area (Å²) in [5.41, 5.74) is 0.782. The lowest BCUT2D eigenvalue weighted by Crippen LogP contribution is -2.41. The van der Waals surface area contributed by atoms with Crippen molar-refractivity contribution in [2.45, 2.75) is 16.5 Å². The zero-order valence-corrected chi connectivity index (χ0v) is 15.3. The Kier molecular flexibility index (Phi) is 7.42. The van der Waals surface area contributed by atoms with E-state index in [9.17, 15) is 9.59 Å². The molecule has 0 radical (unpaired) electrons. The average molecular weight is 377 g/mol. The highest BCUT2D eigenvalue weighted by Gasteiger charge is 2.25. The maximum absolute atomic E-state index is 12.5. The van der Waals surface area contributed by atoms with Gasteiger partial charge in [-0.15, -0.1) is 16.8 Å². The molecule has 7 nitrogen and oxygen atoms in total. The summed E-state index contributed by atoms with van der Waals surface area (Å²) >= 11 is 2.59. The second-order valence-electron chi connectivity index (χ2n) is 4.80. The summed E-state index contributed by atoms with van der Waals surface area (Å²) in [6.45, 7) is 6.44. The Morgan fingerprint density at radius 1 is 1.32 bits per heavy atom. The number of rotatable bonds is 8. The predicted molar refractivity (Wildman–Crippen MR) is 101 cm³/mol. The van der Waals surface area contributed by atoms with Crippen LogP contribution in [0.3, 0.4) is 0 Å². The molecule has 0 saturated carbocycles. The molecule has 25 heavy (non-hydrogen) atoms. The van der Waals surface area contributed by atoms with Crippen molar-refractivity contribution >= 4 is 40.2 Å². The number of thioether (sulfide) groups is 1. The number of carbonyl (C=O) groups excluding carboxylic acids is 2. The maximum Gasteiger partial charge on any atom is 0.321 e. The summed E-state index contributed by atoms with van der Waals surface area (Å²) in [5, 5.41) is 16.1. The molecule has 0 unspecified atom stereocenters. The second-order valence-corrected chi connectivity index (χ2v) is 7.13. The quantitative estimate of drug-likeness (QED) is 0.484. The van der Waals surface area contributed by atoms with Gasteiger partial charge >= 0.3 is 6.03 Å². The number of benzene rings is 1. The van der Waals surface area contributed by atoms with Gasteiger partial charge in [-0.25, -0.2) is 4.79 Å². The Morgan fingerprint density at radius 2 is 2.08 bits per heavy atom. The molecule has 1 aromatic heterocycles. The van der Waals surface area contributed by atoms with Gasteiger partial charge in [0.25, 0.3) is 0 Å². The van der Waals surface area contributed by atoms with Crippen molar-refractivity contribution in [1.82, 2.24) is 20.8 Å². The summed E-state index contributed by atoms with van der Waals surface area (Å²) in [6, 6.07) is 8.73. The molecule has 0 aliphatic carbocycles. The molecule has 0 spiro atoms. The zero-order valence-electron chi connectivity index (χ0n) is 13.7. The highest BCUT2D eigenvalue weighted by Crippen LogP contribution is 2.37. The summed E-state index contributed by atoms with van der Waals surface area (Å²) < 4.78 is 0.631. The van der Waals surface area contributed by atoms with E-state index < -0.39 is 17.2 Å². The van der Waals surface area contributed by atoms with Gasteiger partial charge in [-0.1, -0.05) is 59.5 Å². The highest BCUT2D eigenvalue weighted by atomic mass is 32.2. The van der Waals surface area contributed by atoms with E-state index >= 15 is 0 Å². The lowest BCUT2D eigenvalue weighted by atomic mass is 10.1. The summed E-state index contributed by atoms with van der Waals surface area (Å²) in [5.74, 6) is -0.405. The maximum atomic E-state index is 12.5. The number of carbonyl (C=O) groups is 2. The molecule has 1 aromatic carbocycles. The van der Waals surface area contributed by atoms with Crippen LogP contribution < -0.4 is 16.0 Å². The van der Waals surface area contributed by atoms with Crippen molar-refractivity contribution in [2.24, 2.45) is 0 Å². The monoisotopic (exact) mass is 377 g/mol. The van der Waals surface area contributed by atoms with E-state index in [1.54, 1.807) is 13.0 Å². The minimum absolute atomic E-state index is 0.405. The fraction of sp³-hybridized carbons (Fsp3) is 0.250. The lowest BCUT2D eigenvalue weighted by molar-refractivity contribution is -0.119. The van der Waals surface area contributed by atoms with E-state index in [1.807, 2.05) is 30.3 Å². The number of nitrogens with zero attached hydrogens (tertiary/aromatic N) is 2. The van der Waals surface area contributed by atoms with Crippen molar-refractivity contribution in [3.8, 4) is 0 Å². The Balaban J connectivity index is 2.14. The molecule has 1 heterocycles. The van der Waals surface area contributed by atoms with Gasteiger partial charge in [0.15, 0.2) is 4.34 Å². The SMILES string of the molecule is C=CCNc1nnc(S[C@H](C(=O)NC(=O)NCC)c2ccccc2)s1. The van der Waals surface area contributed by atoms with E-state index in [2.05, 4.69) is 32.7 Å². The first kappa shape index (κ1) is 18.9. The van der Waals surface area contributed by atoms with Crippen molar-refractivity contribution in [2.75, 3.05) is 18.4 Å². The van der Waals surface area contributed by atoms with Crippen LogP contribution in [0.25, 0.3) is 0 Å². The Hall–Kier alpha value is -2.39. The largest absolute Gasteiger partial charge is 0.357 e. The molecule has 2 rings (SSSR count). The first-order chi connectivity index (χ1) is 12.1. The van der Waals surface area contributed by atoms with Gasteiger partial charge in [0, 0.05) is 13.1 Å². The fourth-order valence-corrected chi connectivity index (χ4v) is 3.82. The van der Waals surface area contributed by atoms with Crippen LogP contribution >= 0.6 is 23.1 Å². The number of anilines is 1. The van der Waals surface area contributed by atoms with Crippen molar-refractivity contribution in [1.29, 1.82) is 0 Å². The molecule has 2 aromatic rings. The van der Waals surface area contributed by atoms with Gasteiger partial charge in [0.2, 0.25) is 11.0 Å². The number of hydrogen-bond acceptors (Lipinski definition) is 7. The van der Waals surface area contributed by atoms with Crippen LogP contribution in [0.4, 0.5) is 9.93 Å². The number of amides is 3. The van der Waals surface area contributed by atoms with E-state index in [0.29, 0.717) is 22.6 Å². The molecule has 3 amide bonds. The molecule has 132 valence electrons. The Morgan fingerprint density at radius 3 is 2.76 bits per heavy atom. The van der Waals surface area contributed by atoms with Gasteiger partial charge in [0.05, 0.1) is 0 Å². The fourth-order valence-electron chi connectivity index (χ4n) is 1.87. The number of imide groups is 1. The van der Waals surface area contributed by atoms with Gasteiger partial charge in [0.1, 0.15) is 5.25 Å². The number of hydrogen-bond donors (Lipinski definition) is 3. The molecule has 0 bridgehead atoms. The molecule has 1 atom stereocenters. The smallest absolute Gasteiger partial charge is 0.321 e. The number of nitrogens with one attached hydrogen (secondary N) is 3. The third kappa shape index (κ3) is 5.87. The third-order valence-corrected chi connectivity index (χ3v) is 5.16. The normalized spacial score (nSPS) is 11.4. The van der Waals surface area contributed by atoms with Crippen molar-refractivity contribution < 1.29 is 9.59 Å². The van der Waals surface area contributed by atoms with Gasteiger partial charge in [-0.05, 0) is 12.5 Å². The first-order valence-electron chi connectivity index (χ1n) is 7.62. The topological polar surface area (TPSA) is 96.0 Å². The summed E-state index contributed by atoms with van der Waals surface area (Å²) in [7, 11) is 0. The molecule has 0 saturated heterocycles. The number of aromatic nitrogens is 2. The number of urea groups is 1. The van der Waals surface area contributed by atoms with Crippen molar-refractivity contribution in [3.63, 3.8) is 0 Å². The van der Waals surface area contributed by atoms with Crippen LogP contribution in [0.15, 0.2) is 47.3 Å². The predicted octanol–water partition coefficient (Wildman–Crippen LogP) is 2.82. The van der Waals surface area contributed by atoms with E-state index in [4.69, 9.17) is 0 Å². The zero-order chi connectivity index (χ0) is 18.1.